The fourth-order valence-electron chi connectivity index (χ4n) is 4.27. The molecule has 2 N–H and O–H groups in total. The van der Waals surface area contributed by atoms with Crippen LogP contribution in [0.15, 0.2) is 54.6 Å². The van der Waals surface area contributed by atoms with Crippen molar-refractivity contribution in [3.8, 4) is 5.75 Å². The maximum absolute atomic E-state index is 12.3. The molecule has 198 valence electrons. The lowest BCUT2D eigenvalue weighted by atomic mass is 9.95. The monoisotopic (exact) mass is 515 g/mol. The number of rotatable bonds is 8. The van der Waals surface area contributed by atoms with Crippen LogP contribution in [-0.2, 0) is 33.3 Å². The minimum Gasteiger partial charge on any atom is -0.479 e. The zero-order valence-electron chi connectivity index (χ0n) is 20.6. The van der Waals surface area contributed by atoms with Crippen LogP contribution in [0.5, 0.6) is 5.75 Å². The summed E-state index contributed by atoms with van der Waals surface area (Å²) in [6.45, 7) is 2.77. The van der Waals surface area contributed by atoms with Gasteiger partial charge in [0.05, 0.1) is 13.7 Å². The molecular formula is C26H29NO10. The first-order valence-electron chi connectivity index (χ1n) is 11.7. The third-order valence-corrected chi connectivity index (χ3v) is 6.03. The van der Waals surface area contributed by atoms with Crippen LogP contribution < -0.4 is 10.1 Å². The van der Waals surface area contributed by atoms with E-state index in [4.69, 9.17) is 28.4 Å². The molecule has 0 aliphatic carbocycles. The number of fused-ring (bicyclic) bond motifs is 1. The van der Waals surface area contributed by atoms with Gasteiger partial charge in [-0.25, -0.2) is 9.59 Å². The van der Waals surface area contributed by atoms with Crippen LogP contribution in [0.2, 0.25) is 0 Å². The Kier molecular flexibility index (Phi) is 8.39. The van der Waals surface area contributed by atoms with Crippen LogP contribution >= 0.6 is 0 Å². The Morgan fingerprint density at radius 2 is 1.76 bits per heavy atom. The molecular weight excluding hydrogens is 486 g/mol. The van der Waals surface area contributed by atoms with Gasteiger partial charge in [0.15, 0.2) is 12.4 Å². The number of carbonyl (C=O) groups is 3. The molecule has 2 aliphatic rings. The second-order valence-corrected chi connectivity index (χ2v) is 8.63. The fourth-order valence-corrected chi connectivity index (χ4v) is 4.27. The topological polar surface area (TPSA) is 139 Å². The molecule has 0 bridgehead atoms. The molecule has 0 spiro atoms. The smallest absolute Gasteiger partial charge is 0.341 e. The molecule has 2 heterocycles. The van der Waals surface area contributed by atoms with Crippen molar-refractivity contribution in [2.24, 2.45) is 0 Å². The lowest BCUT2D eigenvalue weighted by Crippen LogP contribution is -2.68. The van der Waals surface area contributed by atoms with Crippen LogP contribution in [0.1, 0.15) is 36.1 Å². The molecule has 2 aliphatic heterocycles. The van der Waals surface area contributed by atoms with Gasteiger partial charge in [-0.3, -0.25) is 4.79 Å². The van der Waals surface area contributed by atoms with Gasteiger partial charge >= 0.3 is 11.9 Å². The number of ether oxygens (including phenoxy) is 6. The van der Waals surface area contributed by atoms with E-state index in [1.54, 1.807) is 18.2 Å². The number of carbonyl (C=O) groups excluding carboxylic acids is 2. The number of benzene rings is 2. The molecule has 11 nitrogen and oxygen atoms in total. The van der Waals surface area contributed by atoms with E-state index in [1.165, 1.54) is 27.0 Å². The van der Waals surface area contributed by atoms with Crippen molar-refractivity contribution in [3.63, 3.8) is 0 Å². The summed E-state index contributed by atoms with van der Waals surface area (Å²) in [5, 5.41) is 12.3. The predicted molar refractivity (Wildman–Crippen MR) is 127 cm³/mol. The van der Waals surface area contributed by atoms with Crippen LogP contribution in [0.25, 0.3) is 0 Å². The van der Waals surface area contributed by atoms with Gasteiger partial charge in [-0.05, 0) is 19.1 Å². The minimum atomic E-state index is -1.23. The standard InChI is InChI=1S/C26H29NO10/c1-14(23(29)30)34-22-20(27-15(2)28)26(35-18-12-8-7-11-17(18)24(31)32-3)36-19-13-33-25(37-21(19)22)16-9-5-4-6-10-16/h4-12,14,19-22,25-26H,13H2,1-3H3,(H,27,28)(H,29,30). The first kappa shape index (κ1) is 26.6. The van der Waals surface area contributed by atoms with Crippen LogP contribution in [-0.4, -0.2) is 73.4 Å². The number of esters is 1. The largest absolute Gasteiger partial charge is 0.479 e. The molecule has 2 saturated heterocycles. The molecule has 0 radical (unpaired) electrons. The summed E-state index contributed by atoms with van der Waals surface area (Å²) in [4.78, 5) is 36.2. The number of hydrogen-bond donors (Lipinski definition) is 2. The van der Waals surface area contributed by atoms with Crippen molar-refractivity contribution in [1.29, 1.82) is 0 Å². The van der Waals surface area contributed by atoms with Crippen molar-refractivity contribution < 1.29 is 47.9 Å². The summed E-state index contributed by atoms with van der Waals surface area (Å²) in [6.07, 6.45) is -5.71. The molecule has 0 saturated carbocycles. The van der Waals surface area contributed by atoms with Gasteiger partial charge in [0, 0.05) is 12.5 Å². The number of nitrogens with one attached hydrogen (secondary N) is 1. The van der Waals surface area contributed by atoms with E-state index in [-0.39, 0.29) is 17.9 Å². The normalized spacial score (nSPS) is 27.9. The lowest BCUT2D eigenvalue weighted by molar-refractivity contribution is -0.340. The molecule has 4 rings (SSSR count). The first-order valence-corrected chi connectivity index (χ1v) is 11.7. The lowest BCUT2D eigenvalue weighted by Gasteiger charge is -2.49. The minimum absolute atomic E-state index is 0.0802. The average Bonchev–Trinajstić information content (AvgIpc) is 2.90. The quantitative estimate of drug-likeness (QED) is 0.502. The van der Waals surface area contributed by atoms with E-state index < -0.39 is 60.9 Å². The Labute approximate surface area is 213 Å². The van der Waals surface area contributed by atoms with Crippen LogP contribution in [0.3, 0.4) is 0 Å². The second kappa shape index (κ2) is 11.7. The summed E-state index contributed by atoms with van der Waals surface area (Å²) in [5.41, 5.74) is 0.904. The maximum atomic E-state index is 12.3. The van der Waals surface area contributed by atoms with Crippen molar-refractivity contribution in [1.82, 2.24) is 5.32 Å². The molecule has 0 aromatic heterocycles. The summed E-state index contributed by atoms with van der Waals surface area (Å²) in [5.74, 6) is -2.09. The van der Waals surface area contributed by atoms with E-state index >= 15 is 0 Å². The molecule has 2 aromatic carbocycles. The number of carboxylic acid groups (broad SMARTS) is 1. The SMILES string of the molecule is COC(=O)c1ccccc1OC1OC2COC(c3ccccc3)OC2C(OC(C)C(=O)O)C1NC(C)=O. The second-order valence-electron chi connectivity index (χ2n) is 8.63. The van der Waals surface area contributed by atoms with Gasteiger partial charge in [-0.2, -0.15) is 0 Å². The molecule has 1 amide bonds. The Morgan fingerprint density at radius 3 is 2.43 bits per heavy atom. The van der Waals surface area contributed by atoms with Gasteiger partial charge in [0.2, 0.25) is 12.2 Å². The fraction of sp³-hybridized carbons (Fsp3) is 0.423. The van der Waals surface area contributed by atoms with Crippen molar-refractivity contribution >= 4 is 17.8 Å². The third-order valence-electron chi connectivity index (χ3n) is 6.03. The van der Waals surface area contributed by atoms with E-state index in [0.29, 0.717) is 0 Å². The Morgan fingerprint density at radius 1 is 1.05 bits per heavy atom. The van der Waals surface area contributed by atoms with E-state index in [1.807, 2.05) is 30.3 Å². The van der Waals surface area contributed by atoms with Crippen LogP contribution in [0.4, 0.5) is 0 Å². The van der Waals surface area contributed by atoms with Gasteiger partial charge in [0.1, 0.15) is 35.7 Å². The van der Waals surface area contributed by atoms with Gasteiger partial charge in [-0.15, -0.1) is 0 Å². The highest BCUT2D eigenvalue weighted by Gasteiger charge is 2.53. The number of methoxy groups -OCH3 is 1. The number of amides is 1. The number of hydrogen-bond acceptors (Lipinski definition) is 9. The van der Waals surface area contributed by atoms with Gasteiger partial charge in [-0.1, -0.05) is 42.5 Å². The molecule has 2 aromatic rings. The first-order chi connectivity index (χ1) is 17.8. The van der Waals surface area contributed by atoms with E-state index in [2.05, 4.69) is 5.32 Å². The highest BCUT2D eigenvalue weighted by Crippen LogP contribution is 2.37. The van der Waals surface area contributed by atoms with Gasteiger partial charge < -0.3 is 38.8 Å². The summed E-state index contributed by atoms with van der Waals surface area (Å²) < 4.78 is 35.1. The summed E-state index contributed by atoms with van der Waals surface area (Å²) in [6, 6.07) is 14.6. The van der Waals surface area contributed by atoms with Crippen molar-refractivity contribution in [3.05, 3.63) is 65.7 Å². The Hall–Kier alpha value is -3.51. The number of carboxylic acids is 1. The summed E-state index contributed by atoms with van der Waals surface area (Å²) in [7, 11) is 1.25. The molecule has 2 fully saturated rings. The van der Waals surface area contributed by atoms with Crippen molar-refractivity contribution in [2.45, 2.75) is 56.9 Å². The van der Waals surface area contributed by atoms with Crippen LogP contribution in [0, 0.1) is 0 Å². The molecule has 7 atom stereocenters. The van der Waals surface area contributed by atoms with E-state index in [9.17, 15) is 19.5 Å². The van der Waals surface area contributed by atoms with Gasteiger partial charge in [0.25, 0.3) is 0 Å². The molecule has 37 heavy (non-hydrogen) atoms. The summed E-state index contributed by atoms with van der Waals surface area (Å²) >= 11 is 0. The number of aliphatic carboxylic acids is 1. The third kappa shape index (κ3) is 6.08. The highest BCUT2D eigenvalue weighted by molar-refractivity contribution is 5.92. The average molecular weight is 516 g/mol. The Bertz CT molecular complexity index is 1110. The zero-order valence-corrected chi connectivity index (χ0v) is 20.6. The maximum Gasteiger partial charge on any atom is 0.341 e. The zero-order chi connectivity index (χ0) is 26.5. The Balaban J connectivity index is 1.68. The molecule has 7 unspecified atom stereocenters. The van der Waals surface area contributed by atoms with Crippen molar-refractivity contribution in [2.75, 3.05) is 13.7 Å². The molecule has 11 heteroatoms. The highest BCUT2D eigenvalue weighted by atomic mass is 16.8. The predicted octanol–water partition coefficient (Wildman–Crippen LogP) is 2.05. The van der Waals surface area contributed by atoms with E-state index in [0.717, 1.165) is 5.56 Å². The number of para-hydroxylation sites is 1.